The zero-order valence-electron chi connectivity index (χ0n) is 18.0. The van der Waals surface area contributed by atoms with Crippen LogP contribution in [0.3, 0.4) is 0 Å². The maximum atomic E-state index is 13.0. The minimum absolute atomic E-state index is 0.0336. The van der Waals surface area contributed by atoms with E-state index in [1.165, 1.54) is 0 Å². The van der Waals surface area contributed by atoms with Gasteiger partial charge in [0.05, 0.1) is 27.4 Å². The van der Waals surface area contributed by atoms with Crippen LogP contribution >= 0.6 is 0 Å². The molecule has 0 saturated heterocycles. The molecule has 4 atom stereocenters. The smallest absolute Gasteiger partial charge is 0.231 e. The summed E-state index contributed by atoms with van der Waals surface area (Å²) in [5, 5.41) is 4.06. The van der Waals surface area contributed by atoms with E-state index >= 15 is 0 Å². The van der Waals surface area contributed by atoms with E-state index in [2.05, 4.69) is 10.0 Å². The highest BCUT2D eigenvalue weighted by molar-refractivity contribution is 5.85. The number of hydrogen-bond acceptors (Lipinski definition) is 7. The van der Waals surface area contributed by atoms with Crippen LogP contribution in [0.15, 0.2) is 29.4 Å². The molecule has 9 heteroatoms. The van der Waals surface area contributed by atoms with Gasteiger partial charge in [0, 0.05) is 23.2 Å². The van der Waals surface area contributed by atoms with Gasteiger partial charge in [-0.05, 0) is 58.8 Å². The zero-order chi connectivity index (χ0) is 22.4. The van der Waals surface area contributed by atoms with Gasteiger partial charge in [-0.15, -0.1) is 0 Å². The molecule has 5 rings (SSSR count). The molecule has 2 aromatic rings. The Bertz CT molecular complexity index is 1120. The quantitative estimate of drug-likeness (QED) is 0.386. The summed E-state index contributed by atoms with van der Waals surface area (Å²) in [5.41, 5.74) is 11.9. The number of azide groups is 1. The molecule has 0 spiro atoms. The normalized spacial score (nSPS) is 24.9. The standard InChI is InChI=1S/C23H23N3O6/c1-28-18-6-11(7-19(29-2)23(18)30-3)20-12-4-5-15(27)21(12)22(25-26-24)14-9-17-16(8-13(14)20)31-10-32-17/h6-9,12,20-22H,4-5,10H2,1-3H3. The average molecular weight is 437 g/mol. The second kappa shape index (κ2) is 7.84. The number of hydrogen-bond donors (Lipinski definition) is 0. The van der Waals surface area contributed by atoms with Gasteiger partial charge in [-0.25, -0.2) is 0 Å². The maximum Gasteiger partial charge on any atom is 0.231 e. The number of nitrogens with zero attached hydrogens (tertiary/aromatic N) is 3. The van der Waals surface area contributed by atoms with Crippen molar-refractivity contribution in [1.82, 2.24) is 0 Å². The van der Waals surface area contributed by atoms with E-state index < -0.39 is 12.0 Å². The van der Waals surface area contributed by atoms with Crippen LogP contribution in [0.5, 0.6) is 28.7 Å². The van der Waals surface area contributed by atoms with Gasteiger partial charge in [0.25, 0.3) is 0 Å². The van der Waals surface area contributed by atoms with Crippen LogP contribution in [0.4, 0.5) is 0 Å². The fourth-order valence-corrected chi connectivity index (χ4v) is 5.50. The molecule has 166 valence electrons. The highest BCUT2D eigenvalue weighted by Crippen LogP contribution is 2.58. The van der Waals surface area contributed by atoms with E-state index in [1.807, 2.05) is 24.3 Å². The summed E-state index contributed by atoms with van der Waals surface area (Å²) in [5.74, 6) is 2.37. The first-order valence-electron chi connectivity index (χ1n) is 10.4. The highest BCUT2D eigenvalue weighted by Gasteiger charge is 2.50. The lowest BCUT2D eigenvalue weighted by atomic mass is 9.65. The Morgan fingerprint density at radius 3 is 2.25 bits per heavy atom. The number of rotatable bonds is 5. The van der Waals surface area contributed by atoms with E-state index in [4.69, 9.17) is 23.7 Å². The van der Waals surface area contributed by atoms with E-state index in [0.29, 0.717) is 41.6 Å². The van der Waals surface area contributed by atoms with Crippen LogP contribution in [0.1, 0.15) is 41.5 Å². The third kappa shape index (κ3) is 2.92. The fourth-order valence-electron chi connectivity index (χ4n) is 5.50. The van der Waals surface area contributed by atoms with Gasteiger partial charge >= 0.3 is 0 Å². The molecule has 32 heavy (non-hydrogen) atoms. The lowest BCUT2D eigenvalue weighted by molar-refractivity contribution is -0.122. The summed E-state index contributed by atoms with van der Waals surface area (Å²) >= 11 is 0. The van der Waals surface area contributed by atoms with E-state index in [9.17, 15) is 10.3 Å². The Kier molecular flexibility index (Phi) is 4.98. The minimum atomic E-state index is -0.581. The third-order valence-corrected chi connectivity index (χ3v) is 6.78. The molecule has 1 heterocycles. The molecule has 9 nitrogen and oxygen atoms in total. The van der Waals surface area contributed by atoms with Gasteiger partial charge in [0.15, 0.2) is 23.0 Å². The van der Waals surface area contributed by atoms with Gasteiger partial charge in [-0.3, -0.25) is 4.79 Å². The molecule has 0 bridgehead atoms. The van der Waals surface area contributed by atoms with Gasteiger partial charge in [0.1, 0.15) is 5.78 Å². The molecular formula is C23H23N3O6. The molecule has 0 N–H and O–H groups in total. The first-order chi connectivity index (χ1) is 15.6. The van der Waals surface area contributed by atoms with Crippen LogP contribution in [-0.4, -0.2) is 33.9 Å². The van der Waals surface area contributed by atoms with Crippen molar-refractivity contribution in [3.8, 4) is 28.7 Å². The molecule has 2 aromatic carbocycles. The van der Waals surface area contributed by atoms with Crippen LogP contribution in [0, 0.1) is 11.8 Å². The fraction of sp³-hybridized carbons (Fsp3) is 0.435. The lowest BCUT2D eigenvalue weighted by Crippen LogP contribution is -2.32. The van der Waals surface area contributed by atoms with Crippen molar-refractivity contribution in [2.45, 2.75) is 24.8 Å². The van der Waals surface area contributed by atoms with Crippen molar-refractivity contribution < 1.29 is 28.5 Å². The van der Waals surface area contributed by atoms with Crippen molar-refractivity contribution in [2.24, 2.45) is 17.0 Å². The van der Waals surface area contributed by atoms with E-state index in [-0.39, 0.29) is 24.4 Å². The summed E-state index contributed by atoms with van der Waals surface area (Å²) in [6.07, 6.45) is 1.16. The topological polar surface area (TPSA) is 112 Å². The molecular weight excluding hydrogens is 414 g/mol. The van der Waals surface area contributed by atoms with Crippen molar-refractivity contribution in [3.05, 3.63) is 51.4 Å². The van der Waals surface area contributed by atoms with Crippen molar-refractivity contribution in [3.63, 3.8) is 0 Å². The molecule has 0 aromatic heterocycles. The maximum absolute atomic E-state index is 13.0. The van der Waals surface area contributed by atoms with Gasteiger partial charge < -0.3 is 23.7 Å². The molecule has 4 unspecified atom stereocenters. The van der Waals surface area contributed by atoms with Crippen LogP contribution in [-0.2, 0) is 4.79 Å². The molecule has 1 aliphatic heterocycles. The largest absolute Gasteiger partial charge is 0.493 e. The molecule has 1 saturated carbocycles. The number of carbonyl (C=O) groups is 1. The van der Waals surface area contributed by atoms with Crippen LogP contribution in [0.2, 0.25) is 0 Å². The Morgan fingerprint density at radius 2 is 1.66 bits per heavy atom. The predicted molar refractivity (Wildman–Crippen MR) is 114 cm³/mol. The lowest BCUT2D eigenvalue weighted by Gasteiger charge is -2.39. The molecule has 2 aliphatic carbocycles. The third-order valence-electron chi connectivity index (χ3n) is 6.78. The van der Waals surface area contributed by atoms with Crippen LogP contribution in [0.25, 0.3) is 10.4 Å². The number of methoxy groups -OCH3 is 3. The SMILES string of the molecule is COc1cc(C2c3cc4c(cc3C(N=[N+]=[N-])C3C(=O)CCC23)OCO4)cc(OC)c1OC. The first-order valence-corrected chi connectivity index (χ1v) is 10.4. The summed E-state index contributed by atoms with van der Waals surface area (Å²) in [6.45, 7) is 0.130. The van der Waals surface area contributed by atoms with Gasteiger partial charge in [0.2, 0.25) is 12.5 Å². The zero-order valence-corrected chi connectivity index (χ0v) is 18.0. The number of ketones is 1. The van der Waals surface area contributed by atoms with E-state index in [1.54, 1.807) is 21.3 Å². The number of benzene rings is 2. The summed E-state index contributed by atoms with van der Waals surface area (Å²) in [4.78, 5) is 16.0. The number of ether oxygens (including phenoxy) is 5. The highest BCUT2D eigenvalue weighted by atomic mass is 16.7. The van der Waals surface area contributed by atoms with Gasteiger partial charge in [-0.2, -0.15) is 0 Å². The first kappa shape index (κ1) is 20.3. The van der Waals surface area contributed by atoms with Crippen molar-refractivity contribution in [2.75, 3.05) is 28.1 Å². The molecule has 0 amide bonds. The minimum Gasteiger partial charge on any atom is -0.493 e. The average Bonchev–Trinajstić information content (AvgIpc) is 3.43. The monoisotopic (exact) mass is 437 g/mol. The summed E-state index contributed by atoms with van der Waals surface area (Å²) < 4.78 is 27.9. The summed E-state index contributed by atoms with van der Waals surface area (Å²) in [6, 6.07) is 7.07. The second-order valence-corrected chi connectivity index (χ2v) is 8.12. The second-order valence-electron chi connectivity index (χ2n) is 8.12. The predicted octanol–water partition coefficient (Wildman–Crippen LogP) is 4.53. The number of carbonyl (C=O) groups excluding carboxylic acids is 1. The molecule has 0 radical (unpaired) electrons. The Labute approximate surface area is 184 Å². The summed E-state index contributed by atoms with van der Waals surface area (Å²) in [7, 11) is 4.72. The molecule has 3 aliphatic rings. The number of fused-ring (bicyclic) bond motifs is 3. The van der Waals surface area contributed by atoms with Gasteiger partial charge in [-0.1, -0.05) is 5.11 Å². The Balaban J connectivity index is 1.76. The Hall–Kier alpha value is -3.58. The number of Topliss-reactive ketones (excluding diaryl/α,β-unsaturated/α-hetero) is 1. The molecule has 1 fully saturated rings. The Morgan fingerprint density at radius 1 is 1.00 bits per heavy atom. The van der Waals surface area contributed by atoms with Crippen molar-refractivity contribution in [1.29, 1.82) is 0 Å². The van der Waals surface area contributed by atoms with Crippen molar-refractivity contribution >= 4 is 5.78 Å². The van der Waals surface area contributed by atoms with E-state index in [0.717, 1.165) is 16.7 Å². The van der Waals surface area contributed by atoms with Crippen LogP contribution < -0.4 is 23.7 Å².